The van der Waals surface area contributed by atoms with Gasteiger partial charge in [-0.3, -0.25) is 0 Å². The molecule has 2 amide bonds. The largest absolute Gasteiger partial charge is 0.367 e. The summed E-state index contributed by atoms with van der Waals surface area (Å²) in [4.78, 5) is 14.6. The van der Waals surface area contributed by atoms with Gasteiger partial charge in [-0.05, 0) is 51.8 Å². The van der Waals surface area contributed by atoms with E-state index in [4.69, 9.17) is 16.3 Å². The topological polar surface area (TPSA) is 41.3 Å². The van der Waals surface area contributed by atoms with Crippen molar-refractivity contribution in [2.75, 3.05) is 5.32 Å². The zero-order chi connectivity index (χ0) is 15.7. The molecule has 3 saturated heterocycles. The van der Waals surface area contributed by atoms with Gasteiger partial charge in [-0.2, -0.15) is 0 Å². The Labute approximate surface area is 135 Å². The van der Waals surface area contributed by atoms with Crippen molar-refractivity contribution in [1.29, 1.82) is 0 Å². The number of fused-ring (bicyclic) bond motifs is 2. The molecule has 3 aliphatic heterocycles. The van der Waals surface area contributed by atoms with Gasteiger partial charge in [-0.15, -0.1) is 0 Å². The van der Waals surface area contributed by atoms with Gasteiger partial charge in [0, 0.05) is 16.6 Å². The fraction of sp³-hybridized carbons (Fsp3) is 0.588. The van der Waals surface area contributed by atoms with Crippen molar-refractivity contribution in [3.8, 4) is 0 Å². The van der Waals surface area contributed by atoms with Crippen LogP contribution in [0.5, 0.6) is 0 Å². The molecular weight excluding hydrogens is 300 g/mol. The first-order valence-corrected chi connectivity index (χ1v) is 8.25. The Kier molecular flexibility index (Phi) is 2.86. The van der Waals surface area contributed by atoms with E-state index in [0.29, 0.717) is 17.0 Å². The van der Waals surface area contributed by atoms with Crippen LogP contribution in [0.2, 0.25) is 5.02 Å². The number of amides is 2. The van der Waals surface area contributed by atoms with E-state index in [1.807, 2.05) is 17.0 Å². The number of carbonyl (C=O) groups is 1. The maximum Gasteiger partial charge on any atom is 0.322 e. The maximum atomic E-state index is 12.6. The normalized spacial score (nSPS) is 37.6. The number of urea groups is 1. The highest BCUT2D eigenvalue weighted by Crippen LogP contribution is 2.60. The molecule has 5 rings (SSSR count). The Bertz CT molecular complexity index is 647. The highest BCUT2D eigenvalue weighted by atomic mass is 35.5. The van der Waals surface area contributed by atoms with Crippen LogP contribution in [0.4, 0.5) is 10.5 Å². The lowest BCUT2D eigenvalue weighted by Crippen LogP contribution is -2.58. The summed E-state index contributed by atoms with van der Waals surface area (Å²) in [6.07, 6.45) is 2.16. The summed E-state index contributed by atoms with van der Waals surface area (Å²) in [5, 5.41) is 3.58. The number of hydrogen-bond acceptors (Lipinski definition) is 2. The minimum absolute atomic E-state index is 0.0447. The lowest BCUT2D eigenvalue weighted by molar-refractivity contribution is -0.214. The van der Waals surface area contributed by atoms with Crippen LogP contribution in [0.1, 0.15) is 33.6 Å². The van der Waals surface area contributed by atoms with Crippen LogP contribution < -0.4 is 5.32 Å². The van der Waals surface area contributed by atoms with E-state index in [0.717, 1.165) is 18.5 Å². The molecule has 1 saturated carbocycles. The van der Waals surface area contributed by atoms with Gasteiger partial charge in [0.1, 0.15) is 0 Å². The third kappa shape index (κ3) is 1.97. The van der Waals surface area contributed by atoms with Crippen molar-refractivity contribution in [3.63, 3.8) is 0 Å². The average molecular weight is 321 g/mol. The van der Waals surface area contributed by atoms with E-state index < -0.39 is 0 Å². The van der Waals surface area contributed by atoms with Crippen molar-refractivity contribution in [1.82, 2.24) is 4.90 Å². The third-order valence-corrected chi connectivity index (χ3v) is 5.78. The Balaban J connectivity index is 1.55. The van der Waals surface area contributed by atoms with Crippen LogP contribution in [-0.4, -0.2) is 34.2 Å². The highest BCUT2D eigenvalue weighted by Gasteiger charge is 2.72. The summed E-state index contributed by atoms with van der Waals surface area (Å²) in [6, 6.07) is 7.73. The zero-order valence-electron chi connectivity index (χ0n) is 13.1. The Morgan fingerprint density at radius 1 is 1.41 bits per heavy atom. The molecule has 2 bridgehead atoms. The molecule has 4 fully saturated rings. The first-order valence-electron chi connectivity index (χ1n) is 7.87. The number of benzene rings is 1. The molecule has 1 aliphatic carbocycles. The van der Waals surface area contributed by atoms with Gasteiger partial charge in [0.05, 0.1) is 23.3 Å². The van der Waals surface area contributed by atoms with E-state index >= 15 is 0 Å². The van der Waals surface area contributed by atoms with Crippen LogP contribution in [-0.2, 0) is 4.74 Å². The number of nitrogens with one attached hydrogen (secondary N) is 1. The summed E-state index contributed by atoms with van der Waals surface area (Å²) in [5.41, 5.74) is 0.368. The van der Waals surface area contributed by atoms with Gasteiger partial charge < -0.3 is 15.0 Å². The number of carbonyl (C=O) groups excluding carboxylic acids is 1. The van der Waals surface area contributed by atoms with Crippen molar-refractivity contribution >= 4 is 23.3 Å². The number of nitrogens with zero attached hydrogens (tertiary/aromatic N) is 1. The van der Waals surface area contributed by atoms with E-state index in [9.17, 15) is 4.79 Å². The fourth-order valence-corrected chi connectivity index (χ4v) is 4.83. The summed E-state index contributed by atoms with van der Waals surface area (Å²) in [6.45, 7) is 6.45. The molecule has 4 atom stereocenters. The lowest BCUT2D eigenvalue weighted by atomic mass is 9.69. The Hall–Kier alpha value is -1.26. The molecule has 4 nitrogen and oxygen atoms in total. The molecule has 0 spiro atoms. The number of hydrogen-bond donors (Lipinski definition) is 1. The summed E-state index contributed by atoms with van der Waals surface area (Å²) < 4.78 is 6.32. The van der Waals surface area contributed by atoms with Gasteiger partial charge in [-0.1, -0.05) is 17.7 Å². The average Bonchev–Trinajstić information content (AvgIpc) is 3.14. The van der Waals surface area contributed by atoms with Gasteiger partial charge in [0.15, 0.2) is 0 Å². The first-order chi connectivity index (χ1) is 10.3. The number of likely N-dealkylation sites (tertiary alicyclic amines) is 1. The first kappa shape index (κ1) is 14.3. The molecule has 0 unspecified atom stereocenters. The monoisotopic (exact) mass is 320 g/mol. The molecule has 4 aliphatic rings. The molecule has 1 aromatic carbocycles. The standard InChI is InChI=1S/C17H21ClN2O2/c1-16(2)12-7-8-17(3,22-16)14-13(12)20(14)15(21)19-11-6-4-5-10(18)9-11/h4-6,9,12-14H,7-8H2,1-3H3,(H,19,21)/t12-,13-,14+,17+,20?/m1/s1. The second-order valence-electron chi connectivity index (χ2n) is 7.45. The molecule has 0 aromatic heterocycles. The second-order valence-corrected chi connectivity index (χ2v) is 7.88. The Morgan fingerprint density at radius 2 is 2.18 bits per heavy atom. The predicted octanol–water partition coefficient (Wildman–Crippen LogP) is 3.90. The minimum atomic E-state index is -0.214. The van der Waals surface area contributed by atoms with Gasteiger partial charge in [0.25, 0.3) is 0 Å². The van der Waals surface area contributed by atoms with Crippen molar-refractivity contribution in [2.24, 2.45) is 5.92 Å². The van der Waals surface area contributed by atoms with E-state index in [1.54, 1.807) is 12.1 Å². The lowest BCUT2D eigenvalue weighted by Gasteiger charge is -2.51. The molecule has 22 heavy (non-hydrogen) atoms. The maximum absolute atomic E-state index is 12.6. The Morgan fingerprint density at radius 3 is 2.86 bits per heavy atom. The number of halogens is 1. The number of ether oxygens (including phenoxy) is 1. The van der Waals surface area contributed by atoms with Crippen molar-refractivity contribution in [3.05, 3.63) is 29.3 Å². The molecule has 1 N–H and O–H groups in total. The molecular formula is C17H21ClN2O2. The zero-order valence-corrected chi connectivity index (χ0v) is 13.9. The number of rotatable bonds is 1. The molecule has 0 radical (unpaired) electrons. The van der Waals surface area contributed by atoms with E-state index in [1.165, 1.54) is 0 Å². The van der Waals surface area contributed by atoms with Crippen LogP contribution in [0.3, 0.4) is 0 Å². The smallest absolute Gasteiger partial charge is 0.322 e. The van der Waals surface area contributed by atoms with E-state index in [2.05, 4.69) is 26.1 Å². The van der Waals surface area contributed by atoms with Crippen LogP contribution in [0.15, 0.2) is 24.3 Å². The third-order valence-electron chi connectivity index (χ3n) is 5.54. The van der Waals surface area contributed by atoms with Gasteiger partial charge in [0.2, 0.25) is 0 Å². The number of anilines is 1. The van der Waals surface area contributed by atoms with Gasteiger partial charge in [-0.25, -0.2) is 4.79 Å². The van der Waals surface area contributed by atoms with Gasteiger partial charge >= 0.3 is 6.03 Å². The highest BCUT2D eigenvalue weighted by molar-refractivity contribution is 6.30. The summed E-state index contributed by atoms with van der Waals surface area (Å²) in [5.74, 6) is 0.421. The predicted molar refractivity (Wildman–Crippen MR) is 86.2 cm³/mol. The van der Waals surface area contributed by atoms with Crippen molar-refractivity contribution < 1.29 is 9.53 Å². The summed E-state index contributed by atoms with van der Waals surface area (Å²) >= 11 is 5.98. The molecule has 3 heterocycles. The van der Waals surface area contributed by atoms with Crippen LogP contribution in [0.25, 0.3) is 0 Å². The van der Waals surface area contributed by atoms with Crippen LogP contribution >= 0.6 is 11.6 Å². The molecule has 118 valence electrons. The molecule has 5 heteroatoms. The minimum Gasteiger partial charge on any atom is -0.367 e. The van der Waals surface area contributed by atoms with Crippen LogP contribution in [0, 0.1) is 5.92 Å². The summed E-state index contributed by atoms with van der Waals surface area (Å²) in [7, 11) is 0. The molecule has 1 aromatic rings. The quantitative estimate of drug-likeness (QED) is 0.797. The van der Waals surface area contributed by atoms with E-state index in [-0.39, 0.29) is 23.3 Å². The fourth-order valence-electron chi connectivity index (χ4n) is 4.64. The SMILES string of the molecule is CC1(C)O[C@@]2(C)CC[C@@H]1[C@@H]1[C@@H]2N1C(=O)Nc1cccc(Cl)c1. The van der Waals surface area contributed by atoms with Crippen molar-refractivity contribution in [2.45, 2.75) is 56.9 Å². The second kappa shape index (κ2) is 4.39.